The molecule has 0 atom stereocenters. The molecule has 22 heavy (non-hydrogen) atoms. The molecule has 2 rings (SSSR count). The molecule has 1 amide bonds. The van der Waals surface area contributed by atoms with E-state index in [2.05, 4.69) is 11.8 Å². The molecule has 7 nitrogen and oxygen atoms in total. The summed E-state index contributed by atoms with van der Waals surface area (Å²) in [5, 5.41) is 0. The van der Waals surface area contributed by atoms with Gasteiger partial charge in [0.25, 0.3) is 5.91 Å². The Labute approximate surface area is 131 Å². The van der Waals surface area contributed by atoms with E-state index in [1.54, 1.807) is 14.1 Å². The average molecular weight is 328 g/mol. The molecule has 0 saturated carbocycles. The Morgan fingerprint density at radius 3 is 2.45 bits per heavy atom. The summed E-state index contributed by atoms with van der Waals surface area (Å²) in [6, 6.07) is 1.33. The summed E-state index contributed by atoms with van der Waals surface area (Å²) in [5.74, 6) is -0.636. The van der Waals surface area contributed by atoms with Gasteiger partial charge in [-0.3, -0.25) is 4.79 Å². The largest absolute Gasteiger partial charge is 0.364 e. The number of aromatic nitrogens is 1. The molecule has 1 aromatic rings. The summed E-state index contributed by atoms with van der Waals surface area (Å²) >= 11 is 0. The van der Waals surface area contributed by atoms with Crippen molar-refractivity contribution in [3.05, 3.63) is 18.0 Å². The number of amides is 1. The topological polar surface area (TPSA) is 88.6 Å². The number of hydrogen-bond donors (Lipinski definition) is 1. The van der Waals surface area contributed by atoms with Gasteiger partial charge in [0, 0.05) is 26.3 Å². The Kier molecular flexibility index (Phi) is 4.93. The number of sulfonamides is 1. The molecule has 1 saturated heterocycles. The summed E-state index contributed by atoms with van der Waals surface area (Å²) in [4.78, 5) is 13.7. The van der Waals surface area contributed by atoms with Gasteiger partial charge in [-0.05, 0) is 38.5 Å². The van der Waals surface area contributed by atoms with Crippen LogP contribution in [0, 0.1) is 0 Å². The first kappa shape index (κ1) is 17.0. The van der Waals surface area contributed by atoms with Crippen molar-refractivity contribution in [3.63, 3.8) is 0 Å². The summed E-state index contributed by atoms with van der Waals surface area (Å²) in [5.41, 5.74) is 5.43. The highest BCUT2D eigenvalue weighted by Crippen LogP contribution is 2.23. The molecule has 2 heterocycles. The number of carbonyl (C=O) groups excluding carboxylic acids is 1. The maximum atomic E-state index is 12.7. The van der Waals surface area contributed by atoms with Crippen LogP contribution in [-0.2, 0) is 17.1 Å². The van der Waals surface area contributed by atoms with E-state index in [1.807, 2.05) is 0 Å². The maximum absolute atomic E-state index is 12.7. The van der Waals surface area contributed by atoms with Crippen LogP contribution in [0.5, 0.6) is 0 Å². The van der Waals surface area contributed by atoms with Crippen molar-refractivity contribution in [2.75, 3.05) is 26.7 Å². The minimum absolute atomic E-state index is 0.00923. The Balaban J connectivity index is 2.19. The molecule has 0 spiro atoms. The summed E-state index contributed by atoms with van der Waals surface area (Å²) in [6.45, 7) is 4.91. The predicted molar refractivity (Wildman–Crippen MR) is 84.0 cm³/mol. The van der Waals surface area contributed by atoms with Gasteiger partial charge in [-0.15, -0.1) is 0 Å². The number of hydrogen-bond acceptors (Lipinski definition) is 4. The molecule has 0 bridgehead atoms. The highest BCUT2D eigenvalue weighted by molar-refractivity contribution is 7.89. The second-order valence-corrected chi connectivity index (χ2v) is 7.72. The Morgan fingerprint density at radius 1 is 1.41 bits per heavy atom. The third-order valence-corrected chi connectivity index (χ3v) is 6.30. The first-order valence-corrected chi connectivity index (χ1v) is 8.88. The van der Waals surface area contributed by atoms with Gasteiger partial charge in [0.15, 0.2) is 0 Å². The molecule has 124 valence electrons. The number of likely N-dealkylation sites (tertiary alicyclic amines) is 1. The summed E-state index contributed by atoms with van der Waals surface area (Å²) in [7, 11) is -0.392. The number of nitrogens with zero attached hydrogens (tertiary/aromatic N) is 3. The van der Waals surface area contributed by atoms with E-state index in [9.17, 15) is 13.2 Å². The molecule has 0 aliphatic carbocycles. The van der Waals surface area contributed by atoms with E-state index in [0.717, 1.165) is 32.5 Å². The van der Waals surface area contributed by atoms with Gasteiger partial charge >= 0.3 is 0 Å². The lowest BCUT2D eigenvalue weighted by molar-refractivity contribution is 0.0992. The summed E-state index contributed by atoms with van der Waals surface area (Å²) in [6.07, 6.45) is 3.07. The number of primary amides is 1. The van der Waals surface area contributed by atoms with E-state index in [-0.39, 0.29) is 16.6 Å². The van der Waals surface area contributed by atoms with Crippen molar-refractivity contribution in [1.82, 2.24) is 13.8 Å². The van der Waals surface area contributed by atoms with Gasteiger partial charge in [0.2, 0.25) is 10.0 Å². The van der Waals surface area contributed by atoms with Crippen LogP contribution in [0.25, 0.3) is 0 Å². The minimum atomic E-state index is -3.61. The fourth-order valence-electron chi connectivity index (χ4n) is 2.88. The lowest BCUT2D eigenvalue weighted by Gasteiger charge is -2.35. The molecule has 2 N–H and O–H groups in total. The SMILES string of the molecule is CCN1CCC(N(C)S(=O)(=O)c2cc(C(N)=O)n(C)c2)CC1. The Morgan fingerprint density at radius 2 is 2.00 bits per heavy atom. The molecular formula is C14H24N4O3S. The molecule has 1 aromatic heterocycles. The standard InChI is InChI=1S/C14H24N4O3S/c1-4-18-7-5-11(6-8-18)17(3)22(20,21)12-9-13(14(15)19)16(2)10-12/h9-11H,4-8H2,1-3H3,(H2,15,19). The van der Waals surface area contributed by atoms with Gasteiger partial charge in [0.1, 0.15) is 10.6 Å². The van der Waals surface area contributed by atoms with Crippen molar-refractivity contribution in [2.24, 2.45) is 12.8 Å². The second kappa shape index (κ2) is 6.39. The first-order chi connectivity index (χ1) is 10.3. The van der Waals surface area contributed by atoms with Gasteiger partial charge < -0.3 is 15.2 Å². The lowest BCUT2D eigenvalue weighted by Crippen LogP contribution is -2.45. The molecule has 0 unspecified atom stereocenters. The number of nitrogens with two attached hydrogens (primary N) is 1. The minimum Gasteiger partial charge on any atom is -0.364 e. The van der Waals surface area contributed by atoms with Crippen molar-refractivity contribution in [2.45, 2.75) is 30.7 Å². The van der Waals surface area contributed by atoms with Crippen LogP contribution in [0.2, 0.25) is 0 Å². The monoisotopic (exact) mass is 328 g/mol. The average Bonchev–Trinajstić information content (AvgIpc) is 2.89. The fraction of sp³-hybridized carbons (Fsp3) is 0.643. The van der Waals surface area contributed by atoms with Crippen molar-refractivity contribution < 1.29 is 13.2 Å². The number of aryl methyl sites for hydroxylation is 1. The van der Waals surface area contributed by atoms with E-state index in [4.69, 9.17) is 5.73 Å². The third kappa shape index (κ3) is 3.18. The van der Waals surface area contributed by atoms with Gasteiger partial charge in [0.05, 0.1) is 0 Å². The van der Waals surface area contributed by atoms with Crippen LogP contribution in [0.4, 0.5) is 0 Å². The first-order valence-electron chi connectivity index (χ1n) is 7.44. The third-order valence-electron chi connectivity index (χ3n) is 4.43. The van der Waals surface area contributed by atoms with E-state index < -0.39 is 15.9 Å². The highest BCUT2D eigenvalue weighted by Gasteiger charge is 2.31. The number of carbonyl (C=O) groups is 1. The molecule has 8 heteroatoms. The van der Waals surface area contributed by atoms with E-state index in [1.165, 1.54) is 21.1 Å². The van der Waals surface area contributed by atoms with Gasteiger partial charge in [-0.2, -0.15) is 4.31 Å². The fourth-order valence-corrected chi connectivity index (χ4v) is 4.37. The van der Waals surface area contributed by atoms with Crippen LogP contribution in [0.15, 0.2) is 17.2 Å². The number of rotatable bonds is 5. The van der Waals surface area contributed by atoms with Crippen molar-refractivity contribution in [3.8, 4) is 0 Å². The second-order valence-electron chi connectivity index (χ2n) is 5.72. The molecular weight excluding hydrogens is 304 g/mol. The van der Waals surface area contributed by atoms with Crippen LogP contribution in [0.1, 0.15) is 30.3 Å². The van der Waals surface area contributed by atoms with Gasteiger partial charge in [-0.1, -0.05) is 6.92 Å². The normalized spacial score (nSPS) is 18.0. The summed E-state index contributed by atoms with van der Waals surface area (Å²) < 4.78 is 28.3. The zero-order valence-corrected chi connectivity index (χ0v) is 14.1. The van der Waals surface area contributed by atoms with E-state index >= 15 is 0 Å². The predicted octanol–water partition coefficient (Wildman–Crippen LogP) is 0.229. The Hall–Kier alpha value is -1.38. The van der Waals surface area contributed by atoms with Crippen molar-refractivity contribution in [1.29, 1.82) is 0 Å². The zero-order valence-electron chi connectivity index (χ0n) is 13.3. The van der Waals surface area contributed by atoms with Crippen LogP contribution in [-0.4, -0.2) is 60.8 Å². The molecule has 1 fully saturated rings. The number of piperidine rings is 1. The smallest absolute Gasteiger partial charge is 0.265 e. The molecule has 0 aromatic carbocycles. The van der Waals surface area contributed by atoms with Crippen molar-refractivity contribution >= 4 is 15.9 Å². The van der Waals surface area contributed by atoms with Crippen LogP contribution >= 0.6 is 0 Å². The molecule has 0 radical (unpaired) electrons. The van der Waals surface area contributed by atoms with Gasteiger partial charge in [-0.25, -0.2) is 8.42 Å². The van der Waals surface area contributed by atoms with E-state index in [0.29, 0.717) is 0 Å². The Bertz CT molecular complexity index is 645. The lowest BCUT2D eigenvalue weighted by atomic mass is 10.1. The highest BCUT2D eigenvalue weighted by atomic mass is 32.2. The molecule has 1 aliphatic heterocycles. The van der Waals surface area contributed by atoms with Crippen LogP contribution in [0.3, 0.4) is 0 Å². The molecule has 1 aliphatic rings. The van der Waals surface area contributed by atoms with Crippen LogP contribution < -0.4 is 5.73 Å². The zero-order chi connectivity index (χ0) is 16.5. The maximum Gasteiger partial charge on any atom is 0.265 e. The quantitative estimate of drug-likeness (QED) is 0.838.